The summed E-state index contributed by atoms with van der Waals surface area (Å²) in [5.41, 5.74) is 0.644. The smallest absolute Gasteiger partial charge is 0.416 e. The van der Waals surface area contributed by atoms with Gasteiger partial charge in [0.15, 0.2) is 0 Å². The average molecular weight is 529 g/mol. The standard InChI is InChI=1S/C28H27F3N2O5/c1-27(2,3)38-26(37)33-23(25(35)36)16-17-8-14-20(15-9-17)32-24(34)22-7-5-4-6-21(22)18-10-12-19(13-11-18)28(29,30)31/h4-15,23H,16H2,1-3H3,(H,32,34)(H,33,37)(H,35,36)/t23-/m0/s1. The minimum atomic E-state index is -4.46. The highest BCUT2D eigenvalue weighted by Gasteiger charge is 2.30. The maximum atomic E-state index is 13.0. The number of anilines is 1. The molecule has 0 saturated heterocycles. The molecule has 0 bridgehead atoms. The van der Waals surface area contributed by atoms with E-state index in [-0.39, 0.29) is 12.0 Å². The molecule has 0 aliphatic heterocycles. The second kappa shape index (κ2) is 11.4. The van der Waals surface area contributed by atoms with Crippen LogP contribution in [-0.2, 0) is 22.1 Å². The summed E-state index contributed by atoms with van der Waals surface area (Å²) >= 11 is 0. The van der Waals surface area contributed by atoms with Gasteiger partial charge in [0, 0.05) is 17.7 Å². The number of carbonyl (C=O) groups is 3. The highest BCUT2D eigenvalue weighted by atomic mass is 19.4. The Morgan fingerprint density at radius 3 is 2.05 bits per heavy atom. The molecule has 0 aliphatic rings. The van der Waals surface area contributed by atoms with Crippen molar-refractivity contribution in [3.8, 4) is 11.1 Å². The lowest BCUT2D eigenvalue weighted by atomic mass is 9.98. The number of halogens is 3. The Morgan fingerprint density at radius 2 is 1.50 bits per heavy atom. The summed E-state index contributed by atoms with van der Waals surface area (Å²) in [5, 5.41) is 14.5. The van der Waals surface area contributed by atoms with Crippen LogP contribution in [0, 0.1) is 0 Å². The first kappa shape index (κ1) is 28.2. The van der Waals surface area contributed by atoms with E-state index in [0.717, 1.165) is 12.1 Å². The third-order valence-electron chi connectivity index (χ3n) is 5.34. The van der Waals surface area contributed by atoms with Crippen molar-refractivity contribution in [2.75, 3.05) is 5.32 Å². The van der Waals surface area contributed by atoms with Crippen molar-refractivity contribution in [3.05, 3.63) is 89.5 Å². The lowest BCUT2D eigenvalue weighted by Crippen LogP contribution is -2.44. The molecule has 0 heterocycles. The first-order chi connectivity index (χ1) is 17.7. The molecular weight excluding hydrogens is 501 g/mol. The Hall–Kier alpha value is -4.34. The number of amides is 2. The Morgan fingerprint density at radius 1 is 0.895 bits per heavy atom. The van der Waals surface area contributed by atoms with Gasteiger partial charge in [-0.15, -0.1) is 0 Å². The van der Waals surface area contributed by atoms with Crippen LogP contribution in [0.1, 0.15) is 42.3 Å². The van der Waals surface area contributed by atoms with Gasteiger partial charge in [0.25, 0.3) is 5.91 Å². The molecule has 7 nitrogen and oxygen atoms in total. The van der Waals surface area contributed by atoms with Gasteiger partial charge in [-0.2, -0.15) is 13.2 Å². The zero-order valence-electron chi connectivity index (χ0n) is 20.9. The summed E-state index contributed by atoms with van der Waals surface area (Å²) in [5.74, 6) is -1.70. The summed E-state index contributed by atoms with van der Waals surface area (Å²) in [6.45, 7) is 4.99. The number of carboxylic acid groups (broad SMARTS) is 1. The van der Waals surface area contributed by atoms with E-state index in [1.165, 1.54) is 12.1 Å². The number of carbonyl (C=O) groups excluding carboxylic acids is 2. The number of aliphatic carboxylic acids is 1. The van der Waals surface area contributed by atoms with Crippen LogP contribution in [0.2, 0.25) is 0 Å². The van der Waals surface area contributed by atoms with Crippen molar-refractivity contribution in [2.45, 2.75) is 45.0 Å². The third kappa shape index (κ3) is 7.83. The highest BCUT2D eigenvalue weighted by Crippen LogP contribution is 2.32. The third-order valence-corrected chi connectivity index (χ3v) is 5.34. The minimum Gasteiger partial charge on any atom is -0.480 e. The molecule has 0 radical (unpaired) electrons. The largest absolute Gasteiger partial charge is 0.480 e. The minimum absolute atomic E-state index is 0.0143. The van der Waals surface area contributed by atoms with Crippen LogP contribution in [0.3, 0.4) is 0 Å². The van der Waals surface area contributed by atoms with Crippen molar-refractivity contribution >= 4 is 23.7 Å². The van der Waals surface area contributed by atoms with E-state index in [1.807, 2.05) is 0 Å². The Labute approximate surface area is 217 Å². The zero-order chi connectivity index (χ0) is 28.1. The topological polar surface area (TPSA) is 105 Å². The predicted molar refractivity (Wildman–Crippen MR) is 136 cm³/mol. The monoisotopic (exact) mass is 528 g/mol. The molecule has 2 amide bonds. The predicted octanol–water partition coefficient (Wildman–Crippen LogP) is 6.15. The normalized spacial score (nSPS) is 12.4. The van der Waals surface area contributed by atoms with Gasteiger partial charge >= 0.3 is 18.2 Å². The van der Waals surface area contributed by atoms with E-state index in [9.17, 15) is 32.7 Å². The van der Waals surface area contributed by atoms with Crippen LogP contribution in [0.25, 0.3) is 11.1 Å². The number of alkyl carbamates (subject to hydrolysis) is 1. The zero-order valence-corrected chi connectivity index (χ0v) is 20.9. The second-order valence-corrected chi connectivity index (χ2v) is 9.51. The number of alkyl halides is 3. The molecule has 0 spiro atoms. The van der Waals surface area contributed by atoms with E-state index in [4.69, 9.17) is 4.74 Å². The summed E-state index contributed by atoms with van der Waals surface area (Å²) in [6.07, 6.45) is -5.32. The molecule has 0 unspecified atom stereocenters. The molecule has 0 saturated carbocycles. The van der Waals surface area contributed by atoms with Crippen LogP contribution in [0.15, 0.2) is 72.8 Å². The summed E-state index contributed by atoms with van der Waals surface area (Å²) in [4.78, 5) is 36.6. The van der Waals surface area contributed by atoms with Crippen LogP contribution in [0.5, 0.6) is 0 Å². The van der Waals surface area contributed by atoms with Gasteiger partial charge in [0.1, 0.15) is 11.6 Å². The fraction of sp³-hybridized carbons (Fsp3) is 0.250. The number of hydrogen-bond donors (Lipinski definition) is 3. The van der Waals surface area contributed by atoms with Gasteiger partial charge in [-0.05, 0) is 67.8 Å². The van der Waals surface area contributed by atoms with Crippen LogP contribution >= 0.6 is 0 Å². The van der Waals surface area contributed by atoms with E-state index >= 15 is 0 Å². The number of nitrogens with one attached hydrogen (secondary N) is 2. The van der Waals surface area contributed by atoms with Crippen molar-refractivity contribution in [1.82, 2.24) is 5.32 Å². The maximum Gasteiger partial charge on any atom is 0.416 e. The second-order valence-electron chi connectivity index (χ2n) is 9.51. The van der Waals surface area contributed by atoms with Crippen LogP contribution < -0.4 is 10.6 Å². The first-order valence-electron chi connectivity index (χ1n) is 11.6. The number of hydrogen-bond acceptors (Lipinski definition) is 4. The van der Waals surface area contributed by atoms with Crippen molar-refractivity contribution in [2.24, 2.45) is 0 Å². The molecule has 200 valence electrons. The summed E-state index contributed by atoms with van der Waals surface area (Å²) < 4.78 is 43.8. The molecule has 3 aromatic rings. The molecule has 0 fully saturated rings. The first-order valence-corrected chi connectivity index (χ1v) is 11.6. The van der Waals surface area contributed by atoms with Crippen LogP contribution in [0.4, 0.5) is 23.7 Å². The molecular formula is C28H27F3N2O5. The number of rotatable bonds is 7. The van der Waals surface area contributed by atoms with E-state index in [0.29, 0.717) is 22.4 Å². The molecule has 38 heavy (non-hydrogen) atoms. The van der Waals surface area contributed by atoms with Gasteiger partial charge < -0.3 is 20.5 Å². The summed E-state index contributed by atoms with van der Waals surface area (Å²) in [7, 11) is 0. The molecule has 0 aliphatic carbocycles. The van der Waals surface area contributed by atoms with Gasteiger partial charge in [0.05, 0.1) is 5.56 Å². The van der Waals surface area contributed by atoms with Gasteiger partial charge in [-0.1, -0.05) is 42.5 Å². The molecule has 3 aromatic carbocycles. The Balaban J connectivity index is 1.70. The molecule has 10 heteroatoms. The quantitative estimate of drug-likeness (QED) is 0.342. The van der Waals surface area contributed by atoms with Gasteiger partial charge in [0.2, 0.25) is 0 Å². The van der Waals surface area contributed by atoms with E-state index in [2.05, 4.69) is 10.6 Å². The van der Waals surface area contributed by atoms with E-state index < -0.39 is 41.4 Å². The van der Waals surface area contributed by atoms with E-state index in [1.54, 1.807) is 69.3 Å². The lowest BCUT2D eigenvalue weighted by molar-refractivity contribution is -0.139. The molecule has 0 aromatic heterocycles. The molecule has 1 atom stereocenters. The van der Waals surface area contributed by atoms with Gasteiger partial charge in [-0.3, -0.25) is 4.79 Å². The van der Waals surface area contributed by atoms with Crippen molar-refractivity contribution < 1.29 is 37.4 Å². The molecule has 3 N–H and O–H groups in total. The fourth-order valence-corrected chi connectivity index (χ4v) is 3.58. The fourth-order valence-electron chi connectivity index (χ4n) is 3.58. The SMILES string of the molecule is CC(C)(C)OC(=O)N[C@@H](Cc1ccc(NC(=O)c2ccccc2-c2ccc(C(F)(F)F)cc2)cc1)C(=O)O. The average Bonchev–Trinajstić information content (AvgIpc) is 2.83. The maximum absolute atomic E-state index is 13.0. The lowest BCUT2D eigenvalue weighted by Gasteiger charge is -2.22. The van der Waals surface area contributed by atoms with Crippen LogP contribution in [-0.4, -0.2) is 34.7 Å². The van der Waals surface area contributed by atoms with Gasteiger partial charge in [-0.25, -0.2) is 9.59 Å². The summed E-state index contributed by atoms with van der Waals surface area (Å²) in [6, 6.07) is 16.3. The number of carboxylic acids is 1. The number of benzene rings is 3. The number of ether oxygens (including phenoxy) is 1. The Kier molecular flexibility index (Phi) is 8.45. The molecule has 3 rings (SSSR count). The van der Waals surface area contributed by atoms with Crippen molar-refractivity contribution in [1.29, 1.82) is 0 Å². The van der Waals surface area contributed by atoms with Crippen molar-refractivity contribution in [3.63, 3.8) is 0 Å². The highest BCUT2D eigenvalue weighted by molar-refractivity contribution is 6.08. The Bertz CT molecular complexity index is 1300.